The van der Waals surface area contributed by atoms with Crippen molar-refractivity contribution in [2.24, 2.45) is 10.2 Å². The Labute approximate surface area is 218 Å². The number of carbonyl (C=O) groups is 2. The molecule has 0 atom stereocenters. The fourth-order valence-electron chi connectivity index (χ4n) is 3.49. The molecule has 0 fully saturated rings. The molecular formula is C29H34N6O2. The average molecular weight is 499 g/mol. The summed E-state index contributed by atoms with van der Waals surface area (Å²) < 4.78 is 0. The molecule has 0 saturated carbocycles. The van der Waals surface area contributed by atoms with Crippen LogP contribution in [-0.4, -0.2) is 79.3 Å². The number of amides is 2. The SMILES string of the molecule is CN(C)C(=O)C(=NNCCN(Cc1ccccc1)N=C(C(=O)N(C)C)c1ccccc1)c1ccccc1. The molecule has 0 radical (unpaired) electrons. The number of hydrazone groups is 2. The largest absolute Gasteiger partial charge is 0.343 e. The number of carbonyl (C=O) groups excluding carboxylic acids is 2. The van der Waals surface area contributed by atoms with Gasteiger partial charge in [0.2, 0.25) is 0 Å². The normalized spacial score (nSPS) is 11.6. The van der Waals surface area contributed by atoms with Crippen LogP contribution in [0.4, 0.5) is 0 Å². The molecule has 8 nitrogen and oxygen atoms in total. The standard InChI is InChI=1S/C29H34N6O2/c1-33(2)28(36)26(24-16-10-6-11-17-24)31-30-20-21-35(22-23-14-8-5-9-15-23)32-27(29(37)34(3)4)25-18-12-7-13-19-25/h5-19,30H,20-22H2,1-4H3. The second-order valence-corrected chi connectivity index (χ2v) is 8.82. The first-order chi connectivity index (χ1) is 17.9. The van der Waals surface area contributed by atoms with Gasteiger partial charge in [-0.1, -0.05) is 91.0 Å². The smallest absolute Gasteiger partial charge is 0.274 e. The van der Waals surface area contributed by atoms with Crippen molar-refractivity contribution in [3.05, 3.63) is 108 Å². The van der Waals surface area contributed by atoms with E-state index in [9.17, 15) is 9.59 Å². The quantitative estimate of drug-likeness (QED) is 0.250. The van der Waals surface area contributed by atoms with Crippen LogP contribution in [0, 0.1) is 0 Å². The summed E-state index contributed by atoms with van der Waals surface area (Å²) in [6.45, 7) is 1.37. The third kappa shape index (κ3) is 8.03. The summed E-state index contributed by atoms with van der Waals surface area (Å²) >= 11 is 0. The number of nitrogens with one attached hydrogen (secondary N) is 1. The Morgan fingerprint density at radius 1 is 0.676 bits per heavy atom. The zero-order valence-electron chi connectivity index (χ0n) is 21.8. The van der Waals surface area contributed by atoms with E-state index in [1.165, 1.54) is 9.80 Å². The number of rotatable bonds is 11. The maximum Gasteiger partial charge on any atom is 0.274 e. The molecule has 0 aliphatic rings. The molecule has 1 N–H and O–H groups in total. The topological polar surface area (TPSA) is 80.6 Å². The van der Waals surface area contributed by atoms with Crippen LogP contribution in [0.2, 0.25) is 0 Å². The van der Waals surface area contributed by atoms with Gasteiger partial charge in [-0.3, -0.25) is 14.6 Å². The Balaban J connectivity index is 1.86. The number of hydrogen-bond acceptors (Lipinski definition) is 6. The first kappa shape index (κ1) is 27.1. The molecule has 3 aromatic rings. The van der Waals surface area contributed by atoms with E-state index >= 15 is 0 Å². The van der Waals surface area contributed by atoms with Crippen molar-refractivity contribution >= 4 is 23.2 Å². The second kappa shape index (κ2) is 13.6. The highest BCUT2D eigenvalue weighted by Crippen LogP contribution is 2.10. The minimum atomic E-state index is -0.194. The highest BCUT2D eigenvalue weighted by Gasteiger charge is 2.19. The summed E-state index contributed by atoms with van der Waals surface area (Å²) in [5.41, 5.74) is 6.26. The van der Waals surface area contributed by atoms with Crippen LogP contribution >= 0.6 is 0 Å². The first-order valence-electron chi connectivity index (χ1n) is 12.1. The van der Waals surface area contributed by atoms with Crippen LogP contribution in [0.3, 0.4) is 0 Å². The maximum atomic E-state index is 13.0. The van der Waals surface area contributed by atoms with Gasteiger partial charge < -0.3 is 15.2 Å². The highest BCUT2D eigenvalue weighted by molar-refractivity contribution is 6.45. The van der Waals surface area contributed by atoms with Crippen LogP contribution in [0.25, 0.3) is 0 Å². The van der Waals surface area contributed by atoms with E-state index in [0.29, 0.717) is 31.1 Å². The van der Waals surface area contributed by atoms with E-state index in [1.807, 2.05) is 96.0 Å². The fourth-order valence-corrected chi connectivity index (χ4v) is 3.49. The predicted molar refractivity (Wildman–Crippen MR) is 148 cm³/mol. The highest BCUT2D eigenvalue weighted by atomic mass is 16.2. The van der Waals surface area contributed by atoms with Gasteiger partial charge in [-0.25, -0.2) is 0 Å². The predicted octanol–water partition coefficient (Wildman–Crippen LogP) is 3.06. The van der Waals surface area contributed by atoms with Crippen molar-refractivity contribution in [2.75, 3.05) is 41.3 Å². The molecule has 37 heavy (non-hydrogen) atoms. The van der Waals surface area contributed by atoms with Gasteiger partial charge in [0.25, 0.3) is 11.8 Å². The first-order valence-corrected chi connectivity index (χ1v) is 12.1. The van der Waals surface area contributed by atoms with Gasteiger partial charge in [-0.2, -0.15) is 10.2 Å². The number of hydrogen-bond donors (Lipinski definition) is 1. The summed E-state index contributed by atoms with van der Waals surface area (Å²) in [6, 6.07) is 28.7. The van der Waals surface area contributed by atoms with E-state index < -0.39 is 0 Å². The lowest BCUT2D eigenvalue weighted by molar-refractivity contribution is -0.122. The Hall–Kier alpha value is -4.46. The van der Waals surface area contributed by atoms with Crippen molar-refractivity contribution in [1.29, 1.82) is 0 Å². The molecule has 8 heteroatoms. The van der Waals surface area contributed by atoms with Crippen LogP contribution in [-0.2, 0) is 16.1 Å². The zero-order chi connectivity index (χ0) is 26.6. The molecule has 192 valence electrons. The summed E-state index contributed by atoms with van der Waals surface area (Å²) in [4.78, 5) is 28.8. The van der Waals surface area contributed by atoms with Gasteiger partial charge in [0.15, 0.2) is 11.4 Å². The zero-order valence-corrected chi connectivity index (χ0v) is 21.8. The van der Waals surface area contributed by atoms with Crippen molar-refractivity contribution < 1.29 is 9.59 Å². The third-order valence-electron chi connectivity index (χ3n) is 5.43. The lowest BCUT2D eigenvalue weighted by Crippen LogP contribution is -2.35. The van der Waals surface area contributed by atoms with Crippen LogP contribution < -0.4 is 5.43 Å². The van der Waals surface area contributed by atoms with Gasteiger partial charge in [0.05, 0.1) is 19.6 Å². The molecule has 0 spiro atoms. The molecule has 0 aliphatic carbocycles. The Morgan fingerprint density at radius 3 is 1.65 bits per heavy atom. The number of nitrogens with zero attached hydrogens (tertiary/aromatic N) is 5. The Bertz CT molecular complexity index is 1210. The Morgan fingerprint density at radius 2 is 1.14 bits per heavy atom. The fraction of sp³-hybridized carbons (Fsp3) is 0.241. The molecule has 0 aromatic heterocycles. The summed E-state index contributed by atoms with van der Waals surface area (Å²) in [5, 5.41) is 11.1. The van der Waals surface area contributed by atoms with Crippen LogP contribution in [0.15, 0.2) is 101 Å². The number of likely N-dealkylation sites (N-methyl/N-ethyl adjacent to an activating group) is 2. The lowest BCUT2D eigenvalue weighted by Gasteiger charge is -2.22. The second-order valence-electron chi connectivity index (χ2n) is 8.82. The van der Waals surface area contributed by atoms with Crippen molar-refractivity contribution in [2.45, 2.75) is 6.54 Å². The molecule has 0 unspecified atom stereocenters. The molecule has 0 aliphatic heterocycles. The molecule has 3 rings (SSSR count). The van der Waals surface area contributed by atoms with Crippen molar-refractivity contribution in [3.63, 3.8) is 0 Å². The van der Waals surface area contributed by atoms with E-state index in [4.69, 9.17) is 5.10 Å². The minimum absolute atomic E-state index is 0.182. The summed E-state index contributed by atoms with van der Waals surface area (Å²) in [6.07, 6.45) is 0. The van der Waals surface area contributed by atoms with Crippen LogP contribution in [0.1, 0.15) is 16.7 Å². The van der Waals surface area contributed by atoms with Gasteiger partial charge >= 0.3 is 0 Å². The van der Waals surface area contributed by atoms with Gasteiger partial charge in [-0.15, -0.1) is 0 Å². The third-order valence-corrected chi connectivity index (χ3v) is 5.43. The average Bonchev–Trinajstić information content (AvgIpc) is 2.92. The molecule has 0 saturated heterocycles. The van der Waals surface area contributed by atoms with Gasteiger partial charge in [-0.05, 0) is 5.56 Å². The minimum Gasteiger partial charge on any atom is -0.343 e. The Kier molecular flexibility index (Phi) is 9.96. The van der Waals surface area contributed by atoms with Crippen molar-refractivity contribution in [1.82, 2.24) is 20.2 Å². The molecule has 3 aromatic carbocycles. The van der Waals surface area contributed by atoms with E-state index in [-0.39, 0.29) is 11.8 Å². The molecule has 0 heterocycles. The number of benzene rings is 3. The van der Waals surface area contributed by atoms with Gasteiger partial charge in [0, 0.05) is 39.3 Å². The van der Waals surface area contributed by atoms with E-state index in [1.54, 1.807) is 28.2 Å². The van der Waals surface area contributed by atoms with Crippen molar-refractivity contribution in [3.8, 4) is 0 Å². The monoisotopic (exact) mass is 498 g/mol. The van der Waals surface area contributed by atoms with E-state index in [0.717, 1.165) is 16.7 Å². The van der Waals surface area contributed by atoms with Gasteiger partial charge in [0.1, 0.15) is 0 Å². The molecular weight excluding hydrogens is 464 g/mol. The summed E-state index contributed by atoms with van der Waals surface area (Å²) in [7, 11) is 6.82. The summed E-state index contributed by atoms with van der Waals surface area (Å²) in [5.74, 6) is -0.376. The van der Waals surface area contributed by atoms with E-state index in [2.05, 4.69) is 10.5 Å². The molecule has 0 bridgehead atoms. The van der Waals surface area contributed by atoms with Crippen LogP contribution in [0.5, 0.6) is 0 Å². The molecule has 2 amide bonds. The lowest BCUT2D eigenvalue weighted by atomic mass is 10.1. The maximum absolute atomic E-state index is 13.0.